The quantitative estimate of drug-likeness (QED) is 0.697. The second-order valence-electron chi connectivity index (χ2n) is 5.45. The van der Waals surface area contributed by atoms with Crippen LogP contribution in [0.25, 0.3) is 0 Å². The first kappa shape index (κ1) is 15.8. The van der Waals surface area contributed by atoms with Crippen LogP contribution in [0, 0.1) is 0 Å². The van der Waals surface area contributed by atoms with Gasteiger partial charge in [0.1, 0.15) is 6.61 Å². The van der Waals surface area contributed by atoms with Gasteiger partial charge in [0.05, 0.1) is 6.07 Å². The summed E-state index contributed by atoms with van der Waals surface area (Å²) in [6, 6.07) is 21.0. The molecule has 0 saturated heterocycles. The molecule has 0 N–H and O–H groups in total. The Balaban J connectivity index is 1.59. The van der Waals surface area contributed by atoms with Crippen molar-refractivity contribution in [2.24, 2.45) is 0 Å². The Morgan fingerprint density at radius 2 is 1.67 bits per heavy atom. The summed E-state index contributed by atoms with van der Waals surface area (Å²) in [7, 11) is 1.72. The Morgan fingerprint density at radius 3 is 2.33 bits per heavy atom. The van der Waals surface area contributed by atoms with Crippen LogP contribution in [0.3, 0.4) is 0 Å². The molecule has 0 aliphatic rings. The summed E-state index contributed by atoms with van der Waals surface area (Å²) in [5.74, 6) is 0.229. The molecule has 0 bridgehead atoms. The number of carbonyl (C=O) groups excluding carboxylic acids is 1. The van der Waals surface area contributed by atoms with E-state index in [2.05, 4.69) is 5.16 Å². The first-order valence-electron chi connectivity index (χ1n) is 7.65. The van der Waals surface area contributed by atoms with Gasteiger partial charge in [0.2, 0.25) is 5.76 Å². The largest absolute Gasteiger partial charge is 0.471 e. The van der Waals surface area contributed by atoms with Gasteiger partial charge >= 0.3 is 0 Å². The predicted molar refractivity (Wildman–Crippen MR) is 89.5 cm³/mol. The van der Waals surface area contributed by atoms with Crippen molar-refractivity contribution in [3.63, 3.8) is 0 Å². The molecule has 1 heterocycles. The van der Waals surface area contributed by atoms with Gasteiger partial charge in [0.25, 0.3) is 11.8 Å². The first-order valence-corrected chi connectivity index (χ1v) is 7.65. The van der Waals surface area contributed by atoms with Crippen molar-refractivity contribution in [3.05, 3.63) is 83.6 Å². The minimum Gasteiger partial charge on any atom is -0.471 e. The van der Waals surface area contributed by atoms with Gasteiger partial charge < -0.3 is 14.2 Å². The molecule has 2 aromatic carbocycles. The zero-order valence-electron chi connectivity index (χ0n) is 13.4. The fraction of sp³-hybridized carbons (Fsp3) is 0.158. The van der Waals surface area contributed by atoms with Crippen molar-refractivity contribution < 1.29 is 14.1 Å². The van der Waals surface area contributed by atoms with Gasteiger partial charge in [-0.25, -0.2) is 0 Å². The summed E-state index contributed by atoms with van der Waals surface area (Å²) >= 11 is 0. The van der Waals surface area contributed by atoms with E-state index in [1.54, 1.807) is 11.9 Å². The monoisotopic (exact) mass is 322 g/mol. The molecular weight excluding hydrogens is 304 g/mol. The van der Waals surface area contributed by atoms with E-state index in [4.69, 9.17) is 9.26 Å². The van der Waals surface area contributed by atoms with E-state index in [0.29, 0.717) is 19.0 Å². The lowest BCUT2D eigenvalue weighted by Crippen LogP contribution is -2.25. The van der Waals surface area contributed by atoms with Gasteiger partial charge in [-0.05, 0) is 16.3 Å². The number of carbonyl (C=O) groups is 1. The lowest BCUT2D eigenvalue weighted by molar-refractivity contribution is 0.0743. The molecule has 5 heteroatoms. The first-order chi connectivity index (χ1) is 11.7. The minimum atomic E-state index is -0.235. The summed E-state index contributed by atoms with van der Waals surface area (Å²) in [5, 5.41) is 3.80. The van der Waals surface area contributed by atoms with Gasteiger partial charge in [-0.1, -0.05) is 60.7 Å². The van der Waals surface area contributed by atoms with Crippen LogP contribution in [0.15, 0.2) is 71.3 Å². The van der Waals surface area contributed by atoms with Crippen LogP contribution >= 0.6 is 0 Å². The fourth-order valence-electron chi connectivity index (χ4n) is 2.28. The van der Waals surface area contributed by atoms with Crippen LogP contribution in [-0.2, 0) is 13.2 Å². The Bertz CT molecular complexity index is 785. The number of ether oxygens (including phenoxy) is 1. The lowest BCUT2D eigenvalue weighted by Gasteiger charge is -2.15. The maximum absolute atomic E-state index is 12.4. The molecule has 122 valence electrons. The van der Waals surface area contributed by atoms with E-state index in [1.165, 1.54) is 6.07 Å². The van der Waals surface area contributed by atoms with E-state index in [-0.39, 0.29) is 11.7 Å². The van der Waals surface area contributed by atoms with Crippen LogP contribution in [0.2, 0.25) is 0 Å². The molecule has 5 nitrogen and oxygen atoms in total. The second-order valence-corrected chi connectivity index (χ2v) is 5.45. The standard InChI is InChI=1S/C19H18N2O3/c1-21(13-15-8-4-2-5-9-15)19(22)17-12-18(20-24-17)23-14-16-10-6-3-7-11-16/h2-12H,13-14H2,1H3. The molecule has 0 radical (unpaired) electrons. The van der Waals surface area contributed by atoms with E-state index in [1.807, 2.05) is 60.7 Å². The molecule has 0 atom stereocenters. The highest BCUT2D eigenvalue weighted by Gasteiger charge is 2.18. The third kappa shape index (κ3) is 4.01. The van der Waals surface area contributed by atoms with Crippen LogP contribution in [0.4, 0.5) is 0 Å². The number of benzene rings is 2. The highest BCUT2D eigenvalue weighted by atomic mass is 16.5. The molecule has 3 aromatic rings. The molecule has 0 spiro atoms. The van der Waals surface area contributed by atoms with Gasteiger partial charge in [0.15, 0.2) is 0 Å². The van der Waals surface area contributed by atoms with Gasteiger partial charge in [-0.2, -0.15) is 0 Å². The van der Waals surface area contributed by atoms with Crippen molar-refractivity contribution >= 4 is 5.91 Å². The van der Waals surface area contributed by atoms with Gasteiger partial charge in [-0.15, -0.1) is 0 Å². The van der Waals surface area contributed by atoms with Gasteiger partial charge in [0, 0.05) is 13.6 Å². The van der Waals surface area contributed by atoms with Crippen LogP contribution < -0.4 is 4.74 Å². The fourth-order valence-corrected chi connectivity index (χ4v) is 2.28. The van der Waals surface area contributed by atoms with Crippen molar-refractivity contribution in [2.75, 3.05) is 7.05 Å². The van der Waals surface area contributed by atoms with Gasteiger partial charge in [-0.3, -0.25) is 4.79 Å². The number of hydrogen-bond acceptors (Lipinski definition) is 4. The SMILES string of the molecule is CN(Cc1ccccc1)C(=O)c1cc(OCc2ccccc2)no1. The Kier molecular flexibility index (Phi) is 4.91. The van der Waals surface area contributed by atoms with E-state index < -0.39 is 0 Å². The summed E-state index contributed by atoms with van der Waals surface area (Å²) < 4.78 is 10.7. The average Bonchev–Trinajstić information content (AvgIpc) is 3.10. The Labute approximate surface area is 140 Å². The molecular formula is C19H18N2O3. The van der Waals surface area contributed by atoms with Crippen molar-refractivity contribution in [1.29, 1.82) is 0 Å². The van der Waals surface area contributed by atoms with Crippen molar-refractivity contribution in [3.8, 4) is 5.88 Å². The van der Waals surface area contributed by atoms with Crippen LogP contribution in [0.1, 0.15) is 21.7 Å². The Morgan fingerprint density at radius 1 is 1.04 bits per heavy atom. The second kappa shape index (κ2) is 7.46. The molecule has 0 aliphatic carbocycles. The Hall–Kier alpha value is -3.08. The van der Waals surface area contributed by atoms with Crippen molar-refractivity contribution in [2.45, 2.75) is 13.2 Å². The molecule has 1 aromatic heterocycles. The van der Waals surface area contributed by atoms with E-state index >= 15 is 0 Å². The maximum Gasteiger partial charge on any atom is 0.292 e. The third-order valence-electron chi connectivity index (χ3n) is 3.54. The normalized spacial score (nSPS) is 10.4. The summed E-state index contributed by atoms with van der Waals surface area (Å²) in [5.41, 5.74) is 2.07. The van der Waals surface area contributed by atoms with E-state index in [0.717, 1.165) is 11.1 Å². The summed E-state index contributed by atoms with van der Waals surface area (Å²) in [6.07, 6.45) is 0. The zero-order chi connectivity index (χ0) is 16.8. The lowest BCUT2D eigenvalue weighted by atomic mass is 10.2. The molecule has 0 saturated carbocycles. The molecule has 24 heavy (non-hydrogen) atoms. The highest BCUT2D eigenvalue weighted by molar-refractivity contribution is 5.91. The number of nitrogens with zero attached hydrogens (tertiary/aromatic N) is 2. The molecule has 3 rings (SSSR count). The summed E-state index contributed by atoms with van der Waals surface area (Å²) in [6.45, 7) is 0.876. The minimum absolute atomic E-state index is 0.163. The van der Waals surface area contributed by atoms with E-state index in [9.17, 15) is 4.79 Å². The number of aromatic nitrogens is 1. The van der Waals surface area contributed by atoms with Crippen LogP contribution in [-0.4, -0.2) is 23.0 Å². The maximum atomic E-state index is 12.4. The average molecular weight is 322 g/mol. The molecule has 0 fully saturated rings. The number of hydrogen-bond donors (Lipinski definition) is 0. The predicted octanol–water partition coefficient (Wildman–Crippen LogP) is 3.53. The zero-order valence-corrected chi connectivity index (χ0v) is 13.4. The number of rotatable bonds is 6. The summed E-state index contributed by atoms with van der Waals surface area (Å²) in [4.78, 5) is 14.0. The molecule has 1 amide bonds. The third-order valence-corrected chi connectivity index (χ3v) is 3.54. The molecule has 0 aliphatic heterocycles. The topological polar surface area (TPSA) is 55.6 Å². The smallest absolute Gasteiger partial charge is 0.292 e. The van der Waals surface area contributed by atoms with Crippen LogP contribution in [0.5, 0.6) is 5.88 Å². The number of amides is 1. The highest BCUT2D eigenvalue weighted by Crippen LogP contribution is 2.16. The van der Waals surface area contributed by atoms with Crippen molar-refractivity contribution in [1.82, 2.24) is 10.1 Å². The molecule has 0 unspecified atom stereocenters.